The molecule has 3 N–H and O–H groups in total. The fraction of sp³-hybridized carbons (Fsp3) is 0.320. The number of aryl methyl sites for hydroxylation is 1. The molecule has 0 saturated heterocycles. The lowest BCUT2D eigenvalue weighted by atomic mass is 10.00. The summed E-state index contributed by atoms with van der Waals surface area (Å²) in [4.78, 5) is 12.8. The molecule has 0 unspecified atom stereocenters. The van der Waals surface area contributed by atoms with Gasteiger partial charge in [0.2, 0.25) is 0 Å². The Hall–Kier alpha value is -2.81. The molecule has 0 radical (unpaired) electrons. The molecule has 0 aliphatic carbocycles. The van der Waals surface area contributed by atoms with E-state index in [1.165, 1.54) is 36.1 Å². The molecule has 0 fully saturated rings. The highest BCUT2D eigenvalue weighted by atomic mass is 32.1. The second kappa shape index (κ2) is 11.9. The summed E-state index contributed by atoms with van der Waals surface area (Å²) in [5.74, 6) is -1.42. The van der Waals surface area contributed by atoms with E-state index in [1.807, 2.05) is 12.1 Å². The van der Waals surface area contributed by atoms with Crippen molar-refractivity contribution in [2.45, 2.75) is 38.5 Å². The minimum Gasteiger partial charge on any atom is -0.495 e. The number of rotatable bonds is 11. The quantitative estimate of drug-likeness (QED) is 0.392. The number of amides is 1. The zero-order valence-corrected chi connectivity index (χ0v) is 19.4. The molecule has 0 spiro atoms. The average Bonchev–Trinajstić information content (AvgIpc) is 3.27. The topological polar surface area (TPSA) is 70.6 Å². The van der Waals surface area contributed by atoms with Crippen LogP contribution in [0.15, 0.2) is 53.2 Å². The van der Waals surface area contributed by atoms with Crippen LogP contribution in [-0.4, -0.2) is 36.8 Å². The van der Waals surface area contributed by atoms with Crippen molar-refractivity contribution in [1.29, 1.82) is 0 Å². The molecule has 176 valence electrons. The molecule has 1 heterocycles. The van der Waals surface area contributed by atoms with Crippen molar-refractivity contribution in [2.24, 2.45) is 0 Å². The number of carbonyl (C=O) groups excluding carboxylic acids is 1. The molecule has 0 aliphatic rings. The summed E-state index contributed by atoms with van der Waals surface area (Å²) in [6, 6.07) is 10.5. The maximum absolute atomic E-state index is 13.7. The summed E-state index contributed by atoms with van der Waals surface area (Å²) < 4.78 is 32.6. The van der Waals surface area contributed by atoms with Gasteiger partial charge in [0, 0.05) is 29.9 Å². The number of nitrogens with one attached hydrogen (secondary N) is 2. The van der Waals surface area contributed by atoms with Crippen LogP contribution in [-0.2, 0) is 19.4 Å². The number of halogens is 2. The molecule has 2 aromatic carbocycles. The first kappa shape index (κ1) is 24.8. The normalized spacial score (nSPS) is 12.9. The van der Waals surface area contributed by atoms with Crippen molar-refractivity contribution in [3.8, 4) is 5.75 Å². The first-order chi connectivity index (χ1) is 15.9. The van der Waals surface area contributed by atoms with Gasteiger partial charge in [-0.3, -0.25) is 4.79 Å². The van der Waals surface area contributed by atoms with E-state index in [2.05, 4.69) is 29.7 Å². The van der Waals surface area contributed by atoms with E-state index in [9.17, 15) is 18.7 Å². The number of ether oxygens (including phenoxy) is 1. The third kappa shape index (κ3) is 7.08. The summed E-state index contributed by atoms with van der Waals surface area (Å²) in [5.41, 5.74) is 2.98. The van der Waals surface area contributed by atoms with Crippen molar-refractivity contribution < 1.29 is 23.4 Å². The Labute approximate surface area is 196 Å². The molecule has 3 rings (SSSR count). The number of hydrogen-bond donors (Lipinski definition) is 3. The van der Waals surface area contributed by atoms with Crippen molar-refractivity contribution in [3.63, 3.8) is 0 Å². The van der Waals surface area contributed by atoms with Gasteiger partial charge in [0.05, 0.1) is 24.8 Å². The molecule has 8 heteroatoms. The van der Waals surface area contributed by atoms with Crippen LogP contribution in [0.25, 0.3) is 0 Å². The lowest BCUT2D eigenvalue weighted by Crippen LogP contribution is -2.48. The van der Waals surface area contributed by atoms with Gasteiger partial charge in [-0.1, -0.05) is 31.2 Å². The monoisotopic (exact) mass is 474 g/mol. The van der Waals surface area contributed by atoms with Crippen molar-refractivity contribution in [1.82, 2.24) is 10.6 Å². The standard InChI is InChI=1S/C25H28F2N2O3S/c1-3-16-5-4-6-17(7-16)12-28-13-23(30)22(10-18-8-19(26)11-20(27)9-18)29-25(31)21-14-33-15-24(21)32-2/h4-9,11,14-15,22-23,28,30H,3,10,12-13H2,1-2H3,(H,29,31)/t22-,23+/m1/s1. The van der Waals surface area contributed by atoms with E-state index in [-0.39, 0.29) is 13.0 Å². The van der Waals surface area contributed by atoms with Crippen LogP contribution in [0.3, 0.4) is 0 Å². The molecule has 1 aromatic heterocycles. The van der Waals surface area contributed by atoms with Gasteiger partial charge in [-0.25, -0.2) is 8.78 Å². The molecule has 33 heavy (non-hydrogen) atoms. The zero-order chi connectivity index (χ0) is 23.8. The molecule has 1 amide bonds. The maximum atomic E-state index is 13.7. The highest BCUT2D eigenvalue weighted by Crippen LogP contribution is 2.23. The third-order valence-electron chi connectivity index (χ3n) is 5.33. The van der Waals surface area contributed by atoms with Gasteiger partial charge in [0.1, 0.15) is 17.4 Å². The summed E-state index contributed by atoms with van der Waals surface area (Å²) in [6.45, 7) is 2.81. The molecule has 5 nitrogen and oxygen atoms in total. The van der Waals surface area contributed by atoms with Crippen LogP contribution in [0.4, 0.5) is 8.78 Å². The highest BCUT2D eigenvalue weighted by Gasteiger charge is 2.24. The average molecular weight is 475 g/mol. The van der Waals surface area contributed by atoms with Gasteiger partial charge in [-0.15, -0.1) is 11.3 Å². The van der Waals surface area contributed by atoms with Crippen molar-refractivity contribution in [3.05, 3.63) is 87.1 Å². The predicted molar refractivity (Wildman–Crippen MR) is 126 cm³/mol. The van der Waals surface area contributed by atoms with Gasteiger partial charge in [-0.2, -0.15) is 0 Å². The minimum atomic E-state index is -1.00. The lowest BCUT2D eigenvalue weighted by Gasteiger charge is -2.25. The minimum absolute atomic E-state index is 0.0566. The summed E-state index contributed by atoms with van der Waals surface area (Å²) in [7, 11) is 1.47. The van der Waals surface area contributed by atoms with E-state index in [0.717, 1.165) is 18.1 Å². The van der Waals surface area contributed by atoms with Crippen LogP contribution >= 0.6 is 11.3 Å². The van der Waals surface area contributed by atoms with Crippen LogP contribution < -0.4 is 15.4 Å². The van der Waals surface area contributed by atoms with E-state index >= 15 is 0 Å². The second-order valence-corrected chi connectivity index (χ2v) is 8.53. The number of aliphatic hydroxyl groups excluding tert-OH is 1. The van der Waals surface area contributed by atoms with Crippen LogP contribution in [0.2, 0.25) is 0 Å². The van der Waals surface area contributed by atoms with E-state index in [1.54, 1.807) is 10.8 Å². The number of methoxy groups -OCH3 is 1. The lowest BCUT2D eigenvalue weighted by molar-refractivity contribution is 0.0827. The number of aliphatic hydroxyl groups is 1. The third-order valence-corrected chi connectivity index (χ3v) is 6.05. The molecule has 2 atom stereocenters. The van der Waals surface area contributed by atoms with Gasteiger partial charge < -0.3 is 20.5 Å². The largest absolute Gasteiger partial charge is 0.495 e. The highest BCUT2D eigenvalue weighted by molar-refractivity contribution is 7.08. The Morgan fingerprint density at radius 3 is 2.52 bits per heavy atom. The molecule has 0 saturated carbocycles. The van der Waals surface area contributed by atoms with E-state index < -0.39 is 29.7 Å². The second-order valence-electron chi connectivity index (χ2n) is 7.79. The number of thiophene rings is 1. The van der Waals surface area contributed by atoms with Gasteiger partial charge in [-0.05, 0) is 41.7 Å². The molecule has 0 bridgehead atoms. The van der Waals surface area contributed by atoms with Crippen LogP contribution in [0.5, 0.6) is 5.75 Å². The fourth-order valence-corrected chi connectivity index (χ4v) is 4.36. The zero-order valence-electron chi connectivity index (χ0n) is 18.6. The van der Waals surface area contributed by atoms with E-state index in [4.69, 9.17) is 4.74 Å². The summed E-state index contributed by atoms with van der Waals surface area (Å²) in [6.07, 6.45) is -0.0127. The predicted octanol–water partition coefficient (Wildman–Crippen LogP) is 4.09. The van der Waals surface area contributed by atoms with Gasteiger partial charge >= 0.3 is 0 Å². The van der Waals surface area contributed by atoms with Crippen molar-refractivity contribution >= 4 is 17.2 Å². The molecular formula is C25H28F2N2O3S. The van der Waals surface area contributed by atoms with Crippen molar-refractivity contribution in [2.75, 3.05) is 13.7 Å². The van der Waals surface area contributed by atoms with E-state index in [0.29, 0.717) is 23.4 Å². The first-order valence-electron chi connectivity index (χ1n) is 10.7. The van der Waals surface area contributed by atoms with Crippen LogP contribution in [0.1, 0.15) is 34.0 Å². The van der Waals surface area contributed by atoms with Crippen LogP contribution in [0, 0.1) is 11.6 Å². The molecular weight excluding hydrogens is 446 g/mol. The Balaban J connectivity index is 1.71. The first-order valence-corrected chi connectivity index (χ1v) is 11.7. The molecule has 0 aliphatic heterocycles. The number of benzene rings is 2. The van der Waals surface area contributed by atoms with Gasteiger partial charge in [0.15, 0.2) is 0 Å². The summed E-state index contributed by atoms with van der Waals surface area (Å²) >= 11 is 1.32. The maximum Gasteiger partial charge on any atom is 0.256 e. The number of carbonyl (C=O) groups is 1. The smallest absolute Gasteiger partial charge is 0.256 e. The van der Waals surface area contributed by atoms with Gasteiger partial charge in [0.25, 0.3) is 5.91 Å². The summed E-state index contributed by atoms with van der Waals surface area (Å²) in [5, 5.41) is 20.2. The Bertz CT molecular complexity index is 1050. The Morgan fingerprint density at radius 1 is 1.09 bits per heavy atom. The SMILES string of the molecule is CCc1cccc(CNC[C@H](O)[C@@H](Cc2cc(F)cc(F)c2)NC(=O)c2cscc2OC)c1. The Kier molecular flexibility index (Phi) is 8.94. The molecule has 3 aromatic rings. The fourth-order valence-electron chi connectivity index (χ4n) is 3.59. The Morgan fingerprint density at radius 2 is 1.82 bits per heavy atom. The number of hydrogen-bond acceptors (Lipinski definition) is 5.